The van der Waals surface area contributed by atoms with Crippen LogP contribution in [0.15, 0.2) is 55.3 Å². The summed E-state index contributed by atoms with van der Waals surface area (Å²) in [6, 6.07) is 3.36. The number of urea groups is 1. The lowest BCUT2D eigenvalue weighted by atomic mass is 9.91. The molecule has 0 aromatic carbocycles. The van der Waals surface area contributed by atoms with Crippen molar-refractivity contribution >= 4 is 18.0 Å². The van der Waals surface area contributed by atoms with Crippen molar-refractivity contribution in [2.45, 2.75) is 69.7 Å². The van der Waals surface area contributed by atoms with E-state index in [1.807, 2.05) is 32.1 Å². The van der Waals surface area contributed by atoms with E-state index in [2.05, 4.69) is 39.7 Å². The second-order valence-corrected chi connectivity index (χ2v) is 9.16. The van der Waals surface area contributed by atoms with Gasteiger partial charge in [0.15, 0.2) is 5.66 Å². The highest BCUT2D eigenvalue weighted by molar-refractivity contribution is 5.80. The molecule has 12 nitrogen and oxygen atoms in total. The summed E-state index contributed by atoms with van der Waals surface area (Å²) in [5.41, 5.74) is 5.77. The van der Waals surface area contributed by atoms with E-state index in [9.17, 15) is 14.4 Å². The van der Waals surface area contributed by atoms with Crippen LogP contribution in [0.5, 0.6) is 0 Å². The number of aromatic nitrogens is 1. The Morgan fingerprint density at radius 3 is 2.53 bits per heavy atom. The second kappa shape index (κ2) is 9.51. The summed E-state index contributed by atoms with van der Waals surface area (Å²) in [6.07, 6.45) is 6.26. The first-order chi connectivity index (χ1) is 17.1. The minimum absolute atomic E-state index is 0.0183. The molecule has 12 heteroatoms. The van der Waals surface area contributed by atoms with Crippen molar-refractivity contribution in [1.82, 2.24) is 36.1 Å². The molecule has 5 rings (SSSR count). The van der Waals surface area contributed by atoms with Gasteiger partial charge in [0.2, 0.25) is 6.23 Å². The average molecular weight is 499 g/mol. The van der Waals surface area contributed by atoms with E-state index in [4.69, 9.17) is 10.5 Å². The Hall–Kier alpha value is -4.09. The lowest BCUT2D eigenvalue weighted by molar-refractivity contribution is -0.152. The van der Waals surface area contributed by atoms with E-state index in [0.717, 1.165) is 18.5 Å². The lowest BCUT2D eigenvalue weighted by Gasteiger charge is -2.47. The summed E-state index contributed by atoms with van der Waals surface area (Å²) in [5.74, 6) is 0.638. The van der Waals surface area contributed by atoms with Gasteiger partial charge in [0.1, 0.15) is 0 Å². The first kappa shape index (κ1) is 25.0. The normalized spacial score (nSPS) is 31.4. The molecular formula is C24H34N8O4. The van der Waals surface area contributed by atoms with Gasteiger partial charge in [0.05, 0.1) is 41.5 Å². The van der Waals surface area contributed by atoms with Crippen molar-refractivity contribution < 1.29 is 19.1 Å². The molecule has 4 aliphatic heterocycles. The minimum atomic E-state index is -0.722. The number of nitrogens with zero attached hydrogens (tertiary/aromatic N) is 2. The predicted molar refractivity (Wildman–Crippen MR) is 133 cm³/mol. The van der Waals surface area contributed by atoms with Crippen molar-refractivity contribution in [3.63, 3.8) is 0 Å². The van der Waals surface area contributed by atoms with E-state index in [1.165, 1.54) is 11.8 Å². The number of rotatable bonds is 5. The molecule has 7 N–H and O–H groups in total. The fraction of sp³-hybridized carbons (Fsp3) is 0.458. The van der Waals surface area contributed by atoms with Crippen LogP contribution in [0.3, 0.4) is 0 Å². The number of nitrogens with two attached hydrogens (primary N) is 1. The molecule has 1 spiro atoms. The predicted octanol–water partition coefficient (Wildman–Crippen LogP) is 0.877. The highest BCUT2D eigenvalue weighted by Crippen LogP contribution is 2.38. The summed E-state index contributed by atoms with van der Waals surface area (Å²) < 4.78 is 6.79. The quantitative estimate of drug-likeness (QED) is 0.258. The molecular weight excluding hydrogens is 464 g/mol. The summed E-state index contributed by atoms with van der Waals surface area (Å²) in [6.45, 7) is 12.9. The topological polar surface area (TPSA) is 155 Å². The number of esters is 1. The molecule has 4 aliphatic rings. The fourth-order valence-corrected chi connectivity index (χ4v) is 5.28. The van der Waals surface area contributed by atoms with Crippen molar-refractivity contribution in [3.05, 3.63) is 61.0 Å². The Morgan fingerprint density at radius 2 is 1.89 bits per heavy atom. The third kappa shape index (κ3) is 4.23. The zero-order valence-corrected chi connectivity index (χ0v) is 20.7. The first-order valence-corrected chi connectivity index (χ1v) is 12.0. The molecule has 194 valence electrons. The van der Waals surface area contributed by atoms with Gasteiger partial charge >= 0.3 is 18.0 Å². The third-order valence-corrected chi connectivity index (χ3v) is 6.79. The molecule has 2 fully saturated rings. The lowest BCUT2D eigenvalue weighted by Crippen LogP contribution is -2.74. The highest BCUT2D eigenvalue weighted by atomic mass is 16.6. The minimum Gasteiger partial charge on any atom is -0.438 e. The number of amides is 3. The SMILES string of the molecule is C=C(N)N[C@@H]1c2cccn2C(=O)N[C@H]1CC.C=C1N[C@H]2[C@H](CC)NC(=O)N3C(OC(C)=O)C=CC23N1. The van der Waals surface area contributed by atoms with E-state index in [1.54, 1.807) is 16.8 Å². The molecule has 0 aliphatic carbocycles. The van der Waals surface area contributed by atoms with Crippen LogP contribution in [0.2, 0.25) is 0 Å². The maximum absolute atomic E-state index is 12.4. The number of carbonyl (C=O) groups excluding carboxylic acids is 3. The monoisotopic (exact) mass is 498 g/mol. The highest BCUT2D eigenvalue weighted by Gasteiger charge is 2.60. The Labute approximate surface area is 210 Å². The van der Waals surface area contributed by atoms with Gasteiger partial charge < -0.3 is 37.1 Å². The van der Waals surface area contributed by atoms with Gasteiger partial charge in [-0.3, -0.25) is 14.3 Å². The molecule has 3 amide bonds. The number of ether oxygens (including phenoxy) is 1. The summed E-state index contributed by atoms with van der Waals surface area (Å²) in [7, 11) is 0. The maximum Gasteiger partial charge on any atom is 0.326 e. The van der Waals surface area contributed by atoms with E-state index >= 15 is 0 Å². The molecule has 1 aromatic heterocycles. The van der Waals surface area contributed by atoms with Gasteiger partial charge in [-0.25, -0.2) is 9.59 Å². The average Bonchev–Trinajstić information content (AvgIpc) is 3.52. The van der Waals surface area contributed by atoms with Crippen molar-refractivity contribution in [2.75, 3.05) is 0 Å². The number of fused-ring (bicyclic) bond motifs is 1. The zero-order chi connectivity index (χ0) is 26.2. The van der Waals surface area contributed by atoms with E-state index in [-0.39, 0.29) is 36.2 Å². The molecule has 6 atom stereocenters. The van der Waals surface area contributed by atoms with Crippen LogP contribution in [0.1, 0.15) is 45.3 Å². The first-order valence-electron chi connectivity index (χ1n) is 12.0. The number of carbonyl (C=O) groups is 3. The second-order valence-electron chi connectivity index (χ2n) is 9.16. The van der Waals surface area contributed by atoms with E-state index < -0.39 is 17.9 Å². The molecule has 36 heavy (non-hydrogen) atoms. The summed E-state index contributed by atoms with van der Waals surface area (Å²) >= 11 is 0. The molecule has 0 bridgehead atoms. The standard InChI is InChI=1S/C13H18N4O3.C11H16N4O/c1-4-9-11-13(16-7(2)14-11)6-5-10(20-8(3)18)17(13)12(19)15-9;1-3-8-10(13-7(2)12)9-5-4-6-15(9)11(16)14-8/h5-6,9-11,14,16H,2,4H2,1,3H3,(H,15,19);4-6,8,10,13H,2-3,12H2,1H3,(H,14,16)/t9-,10?,11-,13?;8-,10-/m00/s1. The van der Waals surface area contributed by atoms with Crippen LogP contribution in [0.25, 0.3) is 0 Å². The summed E-state index contributed by atoms with van der Waals surface area (Å²) in [4.78, 5) is 36.8. The zero-order valence-electron chi connectivity index (χ0n) is 20.7. The number of hydrogen-bond donors (Lipinski definition) is 6. The third-order valence-electron chi connectivity index (χ3n) is 6.79. The van der Waals surface area contributed by atoms with Crippen LogP contribution in [0.4, 0.5) is 9.59 Å². The van der Waals surface area contributed by atoms with Gasteiger partial charge in [-0.1, -0.05) is 27.0 Å². The van der Waals surface area contributed by atoms with Crippen molar-refractivity contribution in [1.29, 1.82) is 0 Å². The van der Waals surface area contributed by atoms with E-state index in [0.29, 0.717) is 11.6 Å². The molecule has 0 radical (unpaired) electrons. The fourth-order valence-electron chi connectivity index (χ4n) is 5.28. The van der Waals surface area contributed by atoms with Gasteiger partial charge in [0, 0.05) is 13.1 Å². The van der Waals surface area contributed by atoms with Crippen LogP contribution in [-0.4, -0.2) is 57.5 Å². The Balaban J connectivity index is 0.000000174. The van der Waals surface area contributed by atoms with Gasteiger partial charge in [-0.05, 0) is 37.1 Å². The Kier molecular flexibility index (Phi) is 6.61. The Bertz CT molecular complexity index is 1110. The summed E-state index contributed by atoms with van der Waals surface area (Å²) in [5, 5.41) is 15.4. The van der Waals surface area contributed by atoms with Crippen molar-refractivity contribution in [2.24, 2.45) is 5.73 Å². The van der Waals surface area contributed by atoms with Crippen LogP contribution in [-0.2, 0) is 9.53 Å². The molecule has 0 saturated carbocycles. The number of hydrogen-bond acceptors (Lipinski definition) is 8. The molecule has 5 heterocycles. The molecule has 2 saturated heterocycles. The molecule has 2 unspecified atom stereocenters. The van der Waals surface area contributed by atoms with Crippen LogP contribution < -0.4 is 32.3 Å². The van der Waals surface area contributed by atoms with Crippen molar-refractivity contribution in [3.8, 4) is 0 Å². The van der Waals surface area contributed by atoms with Crippen LogP contribution >= 0.6 is 0 Å². The van der Waals surface area contributed by atoms with Gasteiger partial charge in [-0.15, -0.1) is 0 Å². The smallest absolute Gasteiger partial charge is 0.326 e. The van der Waals surface area contributed by atoms with Gasteiger partial charge in [-0.2, -0.15) is 0 Å². The molecule has 1 aromatic rings. The maximum atomic E-state index is 12.4. The van der Waals surface area contributed by atoms with Gasteiger partial charge in [0.25, 0.3) is 0 Å². The number of nitrogens with one attached hydrogen (secondary N) is 5. The van der Waals surface area contributed by atoms with Crippen LogP contribution in [0, 0.1) is 0 Å². The largest absolute Gasteiger partial charge is 0.438 e. The Morgan fingerprint density at radius 1 is 1.19 bits per heavy atom.